The summed E-state index contributed by atoms with van der Waals surface area (Å²) >= 11 is 3.28. The molecule has 1 aromatic carbocycles. The molecule has 1 fully saturated rings. The first-order chi connectivity index (χ1) is 9.42. The van der Waals surface area contributed by atoms with Gasteiger partial charge in [0.25, 0.3) is 0 Å². The molecule has 0 amide bonds. The Hall–Kier alpha value is -0.590. The zero-order valence-electron chi connectivity index (χ0n) is 11.6. The van der Waals surface area contributed by atoms with E-state index in [2.05, 4.69) is 27.6 Å². The molecule has 2 atom stereocenters. The molecule has 6 heteroatoms. The van der Waals surface area contributed by atoms with Crippen molar-refractivity contribution < 1.29 is 8.42 Å². The van der Waals surface area contributed by atoms with E-state index in [1.807, 2.05) is 0 Å². The van der Waals surface area contributed by atoms with Crippen molar-refractivity contribution in [2.45, 2.75) is 50.0 Å². The second-order valence-corrected chi connectivity index (χ2v) is 8.04. The summed E-state index contributed by atoms with van der Waals surface area (Å²) in [5.41, 5.74) is 6.09. The highest BCUT2D eigenvalue weighted by Gasteiger charge is 2.26. The Morgan fingerprint density at radius 1 is 1.40 bits per heavy atom. The summed E-state index contributed by atoms with van der Waals surface area (Å²) in [6.07, 6.45) is 5.23. The van der Waals surface area contributed by atoms with Crippen LogP contribution in [0.3, 0.4) is 0 Å². The van der Waals surface area contributed by atoms with E-state index in [0.717, 1.165) is 30.2 Å². The fraction of sp³-hybridized carbons (Fsp3) is 0.571. The van der Waals surface area contributed by atoms with E-state index in [-0.39, 0.29) is 16.6 Å². The Labute approximate surface area is 129 Å². The summed E-state index contributed by atoms with van der Waals surface area (Å²) < 4.78 is 28.4. The van der Waals surface area contributed by atoms with Crippen LogP contribution in [0.5, 0.6) is 0 Å². The molecule has 2 unspecified atom stereocenters. The van der Waals surface area contributed by atoms with Crippen molar-refractivity contribution in [3.8, 4) is 0 Å². The van der Waals surface area contributed by atoms with Gasteiger partial charge in [-0.25, -0.2) is 13.1 Å². The summed E-state index contributed by atoms with van der Waals surface area (Å²) in [4.78, 5) is 0.166. The summed E-state index contributed by atoms with van der Waals surface area (Å²) in [5.74, 6) is 0.624. The van der Waals surface area contributed by atoms with Gasteiger partial charge < -0.3 is 5.73 Å². The Kier molecular flexibility index (Phi) is 5.09. The highest BCUT2D eigenvalue weighted by atomic mass is 79.9. The Bertz CT molecular complexity index is 575. The van der Waals surface area contributed by atoms with E-state index in [1.165, 1.54) is 6.42 Å². The fourth-order valence-electron chi connectivity index (χ4n) is 2.82. The summed E-state index contributed by atoms with van der Waals surface area (Å²) in [6.45, 7) is 2.16. The predicted octanol–water partition coefficient (Wildman–Crippen LogP) is 3.28. The number of benzene rings is 1. The average Bonchev–Trinajstić information content (AvgIpc) is 2.37. The summed E-state index contributed by atoms with van der Waals surface area (Å²) in [6, 6.07) is 4.88. The number of halogens is 1. The van der Waals surface area contributed by atoms with Gasteiger partial charge in [-0.2, -0.15) is 0 Å². The lowest BCUT2D eigenvalue weighted by Gasteiger charge is -2.29. The maximum absolute atomic E-state index is 12.4. The number of nitrogen functional groups attached to an aromatic ring is 1. The smallest absolute Gasteiger partial charge is 0.242 e. The molecule has 4 nitrogen and oxygen atoms in total. The molecule has 0 aliphatic heterocycles. The second kappa shape index (κ2) is 6.45. The van der Waals surface area contributed by atoms with Gasteiger partial charge in [-0.3, -0.25) is 0 Å². The van der Waals surface area contributed by atoms with Gasteiger partial charge in [0, 0.05) is 10.5 Å². The van der Waals surface area contributed by atoms with E-state index >= 15 is 0 Å². The number of nitrogens with one attached hydrogen (secondary N) is 1. The zero-order valence-corrected chi connectivity index (χ0v) is 14.0. The van der Waals surface area contributed by atoms with Crippen LogP contribution in [0.15, 0.2) is 27.6 Å². The highest BCUT2D eigenvalue weighted by Crippen LogP contribution is 2.29. The first-order valence-corrected chi connectivity index (χ1v) is 9.27. The van der Waals surface area contributed by atoms with Crippen molar-refractivity contribution in [2.75, 3.05) is 5.73 Å². The van der Waals surface area contributed by atoms with Crippen molar-refractivity contribution in [1.29, 1.82) is 0 Å². The molecule has 3 N–H and O–H groups in total. The normalized spacial score (nSPS) is 23.7. The lowest BCUT2D eigenvalue weighted by atomic mass is 9.85. The van der Waals surface area contributed by atoms with E-state index in [9.17, 15) is 8.42 Å². The Balaban J connectivity index is 2.14. The molecular formula is C14H21BrN2O2S. The number of sulfonamides is 1. The molecule has 0 aromatic heterocycles. The number of anilines is 1. The lowest BCUT2D eigenvalue weighted by molar-refractivity contribution is 0.301. The largest absolute Gasteiger partial charge is 0.398 e. The standard InChI is InChI=1S/C14H21BrN2O2S/c1-2-10-4-3-5-12(8-10)17-20(18,19)14-7-6-11(15)9-13(14)16/h6-7,9-10,12,17H,2-5,8,16H2,1H3. The van der Waals surface area contributed by atoms with Crippen molar-refractivity contribution in [2.24, 2.45) is 5.92 Å². The van der Waals surface area contributed by atoms with Crippen LogP contribution in [-0.4, -0.2) is 14.5 Å². The molecule has 1 aromatic rings. The van der Waals surface area contributed by atoms with Gasteiger partial charge in [0.1, 0.15) is 4.90 Å². The van der Waals surface area contributed by atoms with Crippen LogP contribution >= 0.6 is 15.9 Å². The fourth-order valence-corrected chi connectivity index (χ4v) is 4.59. The molecule has 0 saturated heterocycles. The number of hydrogen-bond acceptors (Lipinski definition) is 3. The molecule has 2 rings (SSSR count). The van der Waals surface area contributed by atoms with E-state index in [1.54, 1.807) is 18.2 Å². The highest BCUT2D eigenvalue weighted by molar-refractivity contribution is 9.10. The monoisotopic (exact) mass is 360 g/mol. The molecule has 0 spiro atoms. The van der Waals surface area contributed by atoms with E-state index < -0.39 is 10.0 Å². The molecule has 0 bridgehead atoms. The van der Waals surface area contributed by atoms with Gasteiger partial charge in [0.05, 0.1) is 5.69 Å². The number of nitrogens with two attached hydrogens (primary N) is 1. The van der Waals surface area contributed by atoms with Crippen LogP contribution in [0.2, 0.25) is 0 Å². The SMILES string of the molecule is CCC1CCCC(NS(=O)(=O)c2ccc(Br)cc2N)C1. The van der Waals surface area contributed by atoms with Crippen LogP contribution in [0.4, 0.5) is 5.69 Å². The lowest BCUT2D eigenvalue weighted by Crippen LogP contribution is -2.38. The van der Waals surface area contributed by atoms with Crippen LogP contribution < -0.4 is 10.5 Å². The summed E-state index contributed by atoms with van der Waals surface area (Å²) in [7, 11) is -3.53. The maximum Gasteiger partial charge on any atom is 0.242 e. The van der Waals surface area contributed by atoms with E-state index in [4.69, 9.17) is 5.73 Å². The van der Waals surface area contributed by atoms with Gasteiger partial charge >= 0.3 is 0 Å². The molecule has 1 aliphatic rings. The number of rotatable bonds is 4. The van der Waals surface area contributed by atoms with Gasteiger partial charge in [-0.05, 0) is 37.0 Å². The third kappa shape index (κ3) is 3.74. The zero-order chi connectivity index (χ0) is 14.8. The molecular weight excluding hydrogens is 340 g/mol. The first-order valence-electron chi connectivity index (χ1n) is 6.99. The molecule has 1 saturated carbocycles. The predicted molar refractivity (Wildman–Crippen MR) is 84.9 cm³/mol. The van der Waals surface area contributed by atoms with Gasteiger partial charge in [0.15, 0.2) is 0 Å². The van der Waals surface area contributed by atoms with Gasteiger partial charge in [-0.15, -0.1) is 0 Å². The van der Waals surface area contributed by atoms with Crippen LogP contribution in [-0.2, 0) is 10.0 Å². The maximum atomic E-state index is 12.4. The van der Waals surface area contributed by atoms with Crippen LogP contribution in [0.1, 0.15) is 39.0 Å². The molecule has 0 radical (unpaired) electrons. The topological polar surface area (TPSA) is 72.2 Å². The quantitative estimate of drug-likeness (QED) is 0.809. The minimum atomic E-state index is -3.53. The van der Waals surface area contributed by atoms with Gasteiger partial charge in [-0.1, -0.05) is 42.1 Å². The molecule has 20 heavy (non-hydrogen) atoms. The average molecular weight is 361 g/mol. The minimum Gasteiger partial charge on any atom is -0.398 e. The van der Waals surface area contributed by atoms with Crippen molar-refractivity contribution >= 4 is 31.6 Å². The third-order valence-electron chi connectivity index (χ3n) is 3.94. The van der Waals surface area contributed by atoms with E-state index in [0.29, 0.717) is 5.92 Å². The first kappa shape index (κ1) is 15.8. The molecule has 112 valence electrons. The number of hydrogen-bond donors (Lipinski definition) is 2. The van der Waals surface area contributed by atoms with Crippen molar-refractivity contribution in [3.05, 3.63) is 22.7 Å². The van der Waals surface area contributed by atoms with Crippen molar-refractivity contribution in [1.82, 2.24) is 4.72 Å². The van der Waals surface area contributed by atoms with Crippen LogP contribution in [0, 0.1) is 5.92 Å². The van der Waals surface area contributed by atoms with Gasteiger partial charge in [0.2, 0.25) is 10.0 Å². The third-order valence-corrected chi connectivity index (χ3v) is 6.03. The van der Waals surface area contributed by atoms with Crippen molar-refractivity contribution in [3.63, 3.8) is 0 Å². The summed E-state index contributed by atoms with van der Waals surface area (Å²) in [5, 5.41) is 0. The molecule has 0 heterocycles. The Morgan fingerprint density at radius 2 is 2.15 bits per heavy atom. The second-order valence-electron chi connectivity index (χ2n) is 5.44. The molecule has 1 aliphatic carbocycles. The Morgan fingerprint density at radius 3 is 2.80 bits per heavy atom. The minimum absolute atomic E-state index is 0.0294. The van der Waals surface area contributed by atoms with Crippen LogP contribution in [0.25, 0.3) is 0 Å².